The summed E-state index contributed by atoms with van der Waals surface area (Å²) in [4.78, 5) is 12.8. The number of aryl methyl sites for hydroxylation is 2. The van der Waals surface area contributed by atoms with Gasteiger partial charge < -0.3 is 0 Å². The van der Waals surface area contributed by atoms with Gasteiger partial charge in [-0.1, -0.05) is 37.6 Å². The summed E-state index contributed by atoms with van der Waals surface area (Å²) < 4.78 is 39.1. The number of halogens is 4. The van der Waals surface area contributed by atoms with Crippen molar-refractivity contribution in [2.45, 2.75) is 52.1 Å². The van der Waals surface area contributed by atoms with Crippen molar-refractivity contribution in [3.05, 3.63) is 69.2 Å². The molecule has 0 aromatic heterocycles. The van der Waals surface area contributed by atoms with Gasteiger partial charge in [-0.25, -0.2) is 0 Å². The second kappa shape index (κ2) is 7.43. The van der Waals surface area contributed by atoms with Crippen LogP contribution in [0.1, 0.15) is 55.0 Å². The zero-order valence-corrected chi connectivity index (χ0v) is 16.1. The molecule has 2 aromatic rings. The van der Waals surface area contributed by atoms with Gasteiger partial charge in [0, 0.05) is 5.02 Å². The lowest BCUT2D eigenvalue weighted by atomic mass is 9.66. The second-order valence-electron chi connectivity index (χ2n) is 6.50. The summed E-state index contributed by atoms with van der Waals surface area (Å²) in [6.45, 7) is 6.96. The van der Waals surface area contributed by atoms with E-state index in [0.29, 0.717) is 29.0 Å². The number of benzene rings is 2. The summed E-state index contributed by atoms with van der Waals surface area (Å²) >= 11 is 6.19. The lowest BCUT2D eigenvalue weighted by Gasteiger charge is -2.35. The molecular formula is C21H22ClF3O. The molecule has 26 heavy (non-hydrogen) atoms. The number of ketones is 1. The van der Waals surface area contributed by atoms with Crippen LogP contribution in [0.4, 0.5) is 13.2 Å². The Balaban J connectivity index is 2.82. The van der Waals surface area contributed by atoms with E-state index in [1.807, 2.05) is 19.9 Å². The third-order valence-corrected chi connectivity index (χ3v) is 5.29. The minimum Gasteiger partial charge on any atom is -0.299 e. The molecule has 0 amide bonds. The van der Waals surface area contributed by atoms with Crippen molar-refractivity contribution in [1.82, 2.24) is 0 Å². The number of hydrogen-bond donors (Lipinski definition) is 0. The zero-order chi connectivity index (χ0) is 19.7. The summed E-state index contributed by atoms with van der Waals surface area (Å²) in [5, 5.41) is 0.501. The molecule has 0 saturated carbocycles. The SMILES string of the molecule is CCc1ccc(Cl)cc1C(CC)(C(C)=O)c1ccc(C(F)(F)F)cc1C. The standard InChI is InChI=1S/C21H22ClF3O/c1-5-15-7-9-17(22)12-19(15)20(6-2,14(4)26)18-10-8-16(11-13(18)3)21(23,24)25/h7-12H,5-6H2,1-4H3. The van der Waals surface area contributed by atoms with Crippen LogP contribution in [0.15, 0.2) is 36.4 Å². The average Bonchev–Trinajstić information content (AvgIpc) is 2.56. The van der Waals surface area contributed by atoms with E-state index in [-0.39, 0.29) is 5.78 Å². The molecule has 1 nitrogen and oxygen atoms in total. The zero-order valence-electron chi connectivity index (χ0n) is 15.3. The van der Waals surface area contributed by atoms with Gasteiger partial charge in [0.2, 0.25) is 0 Å². The third-order valence-electron chi connectivity index (χ3n) is 5.06. The normalized spacial score (nSPS) is 14.2. The predicted octanol–water partition coefficient (Wildman–Crippen LogP) is 6.51. The summed E-state index contributed by atoms with van der Waals surface area (Å²) in [5.41, 5.74) is 1.03. The van der Waals surface area contributed by atoms with Crippen molar-refractivity contribution in [3.63, 3.8) is 0 Å². The van der Waals surface area contributed by atoms with Gasteiger partial charge in [-0.15, -0.1) is 0 Å². The third kappa shape index (κ3) is 3.52. The lowest BCUT2D eigenvalue weighted by Crippen LogP contribution is -2.37. The molecule has 1 unspecified atom stereocenters. The molecule has 0 saturated heterocycles. The Labute approximate surface area is 157 Å². The van der Waals surface area contributed by atoms with Crippen molar-refractivity contribution < 1.29 is 18.0 Å². The highest BCUT2D eigenvalue weighted by molar-refractivity contribution is 6.30. The molecule has 0 aliphatic heterocycles. The van der Waals surface area contributed by atoms with Gasteiger partial charge in [-0.05, 0) is 73.2 Å². The Morgan fingerprint density at radius 1 is 1.04 bits per heavy atom. The Kier molecular flexibility index (Phi) is 5.86. The Morgan fingerprint density at radius 2 is 1.69 bits per heavy atom. The van der Waals surface area contributed by atoms with Crippen LogP contribution in [0.25, 0.3) is 0 Å². The van der Waals surface area contributed by atoms with E-state index in [4.69, 9.17) is 11.6 Å². The van der Waals surface area contributed by atoms with Crippen LogP contribution in [0.5, 0.6) is 0 Å². The Bertz CT molecular complexity index is 826. The van der Waals surface area contributed by atoms with Gasteiger partial charge in [-0.3, -0.25) is 4.79 Å². The van der Waals surface area contributed by atoms with E-state index in [1.54, 1.807) is 19.1 Å². The maximum atomic E-state index is 13.0. The highest BCUT2D eigenvalue weighted by atomic mass is 35.5. The predicted molar refractivity (Wildman–Crippen MR) is 98.8 cm³/mol. The van der Waals surface area contributed by atoms with Gasteiger partial charge in [0.05, 0.1) is 11.0 Å². The van der Waals surface area contributed by atoms with E-state index >= 15 is 0 Å². The molecule has 0 bridgehead atoms. The first-order valence-corrected chi connectivity index (χ1v) is 8.94. The smallest absolute Gasteiger partial charge is 0.299 e. The van der Waals surface area contributed by atoms with Gasteiger partial charge in [0.15, 0.2) is 0 Å². The van der Waals surface area contributed by atoms with Crippen LogP contribution in [-0.4, -0.2) is 5.78 Å². The highest BCUT2D eigenvalue weighted by Gasteiger charge is 2.41. The quantitative estimate of drug-likeness (QED) is 0.575. The molecule has 5 heteroatoms. The molecule has 0 aliphatic carbocycles. The van der Waals surface area contributed by atoms with Crippen LogP contribution < -0.4 is 0 Å². The van der Waals surface area contributed by atoms with Gasteiger partial charge in [0.25, 0.3) is 0 Å². The van der Waals surface area contributed by atoms with Crippen molar-refractivity contribution >= 4 is 17.4 Å². The largest absolute Gasteiger partial charge is 0.416 e. The summed E-state index contributed by atoms with van der Waals surface area (Å²) in [7, 11) is 0. The van der Waals surface area contributed by atoms with Crippen molar-refractivity contribution in [2.75, 3.05) is 0 Å². The van der Waals surface area contributed by atoms with Gasteiger partial charge >= 0.3 is 6.18 Å². The van der Waals surface area contributed by atoms with E-state index in [9.17, 15) is 18.0 Å². The maximum Gasteiger partial charge on any atom is 0.416 e. The molecule has 0 spiro atoms. The Morgan fingerprint density at radius 3 is 2.15 bits per heavy atom. The number of carbonyl (C=O) groups excluding carboxylic acids is 1. The minimum absolute atomic E-state index is 0.111. The molecule has 0 N–H and O–H groups in total. The molecule has 0 heterocycles. The van der Waals surface area contributed by atoms with E-state index < -0.39 is 17.2 Å². The van der Waals surface area contributed by atoms with Crippen LogP contribution in [0, 0.1) is 6.92 Å². The molecule has 0 fully saturated rings. The van der Waals surface area contributed by atoms with Gasteiger partial charge in [0.1, 0.15) is 5.78 Å². The molecular weight excluding hydrogens is 361 g/mol. The fourth-order valence-corrected chi connectivity index (χ4v) is 3.90. The topological polar surface area (TPSA) is 17.1 Å². The van der Waals surface area contributed by atoms with Crippen LogP contribution in [0.3, 0.4) is 0 Å². The molecule has 140 valence electrons. The molecule has 2 rings (SSSR count). The van der Waals surface area contributed by atoms with Crippen LogP contribution in [-0.2, 0) is 22.8 Å². The Hall–Kier alpha value is -1.81. The fraction of sp³-hybridized carbons (Fsp3) is 0.381. The van der Waals surface area contributed by atoms with E-state index in [1.165, 1.54) is 13.0 Å². The first-order chi connectivity index (χ1) is 12.1. The number of Topliss-reactive ketones (excluding diaryl/α,β-unsaturated/α-hetero) is 1. The van der Waals surface area contributed by atoms with Crippen molar-refractivity contribution in [3.8, 4) is 0 Å². The molecule has 1 atom stereocenters. The average molecular weight is 383 g/mol. The van der Waals surface area contributed by atoms with Crippen LogP contribution >= 0.6 is 11.6 Å². The number of carbonyl (C=O) groups is 1. The number of alkyl halides is 3. The monoisotopic (exact) mass is 382 g/mol. The molecule has 2 aromatic carbocycles. The molecule has 0 aliphatic rings. The summed E-state index contributed by atoms with van der Waals surface area (Å²) in [6, 6.07) is 9.00. The summed E-state index contributed by atoms with van der Waals surface area (Å²) in [6.07, 6.45) is -3.29. The number of rotatable bonds is 5. The lowest BCUT2D eigenvalue weighted by molar-refractivity contribution is -0.137. The first-order valence-electron chi connectivity index (χ1n) is 8.56. The van der Waals surface area contributed by atoms with E-state index in [0.717, 1.165) is 23.3 Å². The van der Waals surface area contributed by atoms with E-state index in [2.05, 4.69) is 0 Å². The first kappa shape index (κ1) is 20.5. The van der Waals surface area contributed by atoms with Crippen LogP contribution in [0.2, 0.25) is 5.02 Å². The second-order valence-corrected chi connectivity index (χ2v) is 6.93. The molecule has 0 radical (unpaired) electrons. The van der Waals surface area contributed by atoms with Crippen molar-refractivity contribution in [2.24, 2.45) is 0 Å². The number of hydrogen-bond acceptors (Lipinski definition) is 1. The van der Waals surface area contributed by atoms with Gasteiger partial charge in [-0.2, -0.15) is 13.2 Å². The fourth-order valence-electron chi connectivity index (χ4n) is 3.73. The minimum atomic E-state index is -4.42. The summed E-state index contributed by atoms with van der Waals surface area (Å²) in [5.74, 6) is -0.111. The van der Waals surface area contributed by atoms with Crippen molar-refractivity contribution in [1.29, 1.82) is 0 Å². The maximum absolute atomic E-state index is 13.0. The highest BCUT2D eigenvalue weighted by Crippen LogP contribution is 2.42.